The minimum absolute atomic E-state index is 0.0457. The van der Waals surface area contributed by atoms with Crippen LogP contribution in [0.3, 0.4) is 0 Å². The maximum Gasteiger partial charge on any atom is 0.253 e. The highest BCUT2D eigenvalue weighted by atomic mass is 32.2. The summed E-state index contributed by atoms with van der Waals surface area (Å²) in [5.41, 5.74) is 2.57. The van der Waals surface area contributed by atoms with Gasteiger partial charge in [0.25, 0.3) is 5.91 Å². The maximum absolute atomic E-state index is 13.1. The van der Waals surface area contributed by atoms with Crippen LogP contribution in [-0.2, 0) is 21.2 Å². The highest BCUT2D eigenvalue weighted by Gasteiger charge is 2.48. The van der Waals surface area contributed by atoms with Crippen molar-refractivity contribution in [1.82, 2.24) is 9.62 Å². The van der Waals surface area contributed by atoms with Gasteiger partial charge in [-0.05, 0) is 61.8 Å². The Balaban J connectivity index is 1.28. The van der Waals surface area contributed by atoms with E-state index in [1.165, 1.54) is 40.2 Å². The molecule has 0 atom stereocenters. The second-order valence-electron chi connectivity index (χ2n) is 9.93. The van der Waals surface area contributed by atoms with Crippen molar-refractivity contribution in [2.75, 3.05) is 31.6 Å². The molecule has 0 aromatic heterocycles. The fourth-order valence-corrected chi connectivity index (χ4v) is 6.98. The van der Waals surface area contributed by atoms with Gasteiger partial charge in [-0.15, -0.1) is 0 Å². The van der Waals surface area contributed by atoms with Crippen molar-refractivity contribution in [3.05, 3.63) is 34.7 Å². The number of hydrogen-bond donors (Lipinski definition) is 1. The Hall–Kier alpha value is -2.19. The van der Waals surface area contributed by atoms with Gasteiger partial charge in [0, 0.05) is 43.7 Å². The number of carbonyl (C=O) groups is 1. The molecule has 178 valence electrons. The van der Waals surface area contributed by atoms with Crippen molar-refractivity contribution in [1.29, 1.82) is 0 Å². The number of nitrogens with zero attached hydrogens (tertiary/aromatic N) is 3. The molecule has 1 N–H and O–H groups in total. The quantitative estimate of drug-likeness (QED) is 0.732. The molecule has 1 spiro atoms. The van der Waals surface area contributed by atoms with Gasteiger partial charge in [0.05, 0.1) is 0 Å². The zero-order valence-electron chi connectivity index (χ0n) is 19.4. The van der Waals surface area contributed by atoms with Crippen LogP contribution < -0.4 is 10.2 Å². The third kappa shape index (κ3) is 4.35. The maximum atomic E-state index is 13.1. The van der Waals surface area contributed by atoms with Crippen LogP contribution in [0.25, 0.3) is 6.08 Å². The Bertz CT molecular complexity index is 1080. The van der Waals surface area contributed by atoms with E-state index in [1.807, 2.05) is 12.1 Å². The van der Waals surface area contributed by atoms with Crippen molar-refractivity contribution in [2.24, 2.45) is 10.9 Å². The van der Waals surface area contributed by atoms with Gasteiger partial charge in [-0.3, -0.25) is 9.79 Å². The van der Waals surface area contributed by atoms with Gasteiger partial charge in [0.1, 0.15) is 11.4 Å². The van der Waals surface area contributed by atoms with E-state index in [1.54, 1.807) is 6.08 Å². The van der Waals surface area contributed by atoms with Crippen molar-refractivity contribution in [2.45, 2.75) is 63.3 Å². The summed E-state index contributed by atoms with van der Waals surface area (Å²) >= 11 is 0. The Kier molecular flexibility index (Phi) is 6.07. The lowest BCUT2D eigenvalue weighted by atomic mass is 9.88. The molecule has 4 aliphatic rings. The number of amides is 1. The Morgan fingerprint density at radius 3 is 2.61 bits per heavy atom. The molecule has 0 radical (unpaired) electrons. The van der Waals surface area contributed by atoms with Gasteiger partial charge in [-0.25, -0.2) is 8.42 Å². The molecule has 2 fully saturated rings. The van der Waals surface area contributed by atoms with E-state index >= 15 is 0 Å². The van der Waals surface area contributed by atoms with Crippen LogP contribution in [0, 0.1) is 5.92 Å². The number of rotatable bonds is 4. The molecule has 7 nitrogen and oxygen atoms in total. The first kappa shape index (κ1) is 22.6. The summed E-state index contributed by atoms with van der Waals surface area (Å²) in [5, 5.41) is 4.38. The van der Waals surface area contributed by atoms with Crippen molar-refractivity contribution < 1.29 is 13.2 Å². The number of hydrogen-bond acceptors (Lipinski definition) is 5. The fraction of sp³-hybridized carbons (Fsp3) is 0.600. The summed E-state index contributed by atoms with van der Waals surface area (Å²) in [4.78, 5) is 19.9. The topological polar surface area (TPSA) is 82.1 Å². The molecular formula is C25H34N4O3S. The molecule has 3 heterocycles. The lowest BCUT2D eigenvalue weighted by molar-refractivity contribution is -0.124. The molecule has 1 aliphatic carbocycles. The summed E-state index contributed by atoms with van der Waals surface area (Å²) in [5.74, 6) is 1.15. The number of aliphatic imine (C=N–C) groups is 1. The number of amidine groups is 1. The first-order valence-corrected chi connectivity index (χ1v) is 13.8. The number of sulfonamides is 1. The molecule has 8 heteroatoms. The zero-order valence-corrected chi connectivity index (χ0v) is 20.2. The lowest BCUT2D eigenvalue weighted by Crippen LogP contribution is -2.50. The van der Waals surface area contributed by atoms with E-state index in [-0.39, 0.29) is 5.91 Å². The van der Waals surface area contributed by atoms with E-state index in [0.717, 1.165) is 43.6 Å². The van der Waals surface area contributed by atoms with Gasteiger partial charge in [0.15, 0.2) is 0 Å². The zero-order chi connectivity index (χ0) is 23.1. The van der Waals surface area contributed by atoms with E-state index in [2.05, 4.69) is 23.3 Å². The summed E-state index contributed by atoms with van der Waals surface area (Å²) in [6, 6.07) is 6.07. The minimum atomic E-state index is -3.56. The highest BCUT2D eigenvalue weighted by Crippen LogP contribution is 2.35. The number of benzene rings is 1. The molecule has 1 saturated heterocycles. The van der Waals surface area contributed by atoms with Crippen molar-refractivity contribution in [3.63, 3.8) is 0 Å². The molecule has 1 aromatic carbocycles. The second kappa shape index (κ2) is 8.87. The van der Waals surface area contributed by atoms with Crippen molar-refractivity contribution in [3.8, 4) is 0 Å². The first-order valence-electron chi connectivity index (χ1n) is 12.3. The summed E-state index contributed by atoms with van der Waals surface area (Å²) in [6.07, 6.45) is 10.4. The van der Waals surface area contributed by atoms with Crippen LogP contribution in [-0.4, -0.2) is 56.7 Å². The SMILES string of the molecule is CN1CCCc2c(C=CS(=O)(=O)N3CCC4(CC3)N=C(C3CCCCC3)NC4=O)cccc21. The number of nitrogens with one attached hydrogen (secondary N) is 1. The standard InChI is InChI=1S/C25H34N4O3S/c1-28-15-6-10-21-19(9-5-11-22(21)28)12-18-33(31,32)29-16-13-25(14-17-29)24(30)26-23(27-25)20-7-3-2-4-8-20/h5,9,11-12,18,20H,2-4,6-8,10,13-17H2,1H3,(H,26,27,30). The smallest absolute Gasteiger partial charge is 0.253 e. The van der Waals surface area contributed by atoms with Crippen LogP contribution >= 0.6 is 0 Å². The average molecular weight is 471 g/mol. The van der Waals surface area contributed by atoms with Crippen LogP contribution in [0.4, 0.5) is 5.69 Å². The Morgan fingerprint density at radius 1 is 1.09 bits per heavy atom. The molecule has 0 unspecified atom stereocenters. The fourth-order valence-electron chi connectivity index (χ4n) is 5.80. The molecule has 1 saturated carbocycles. The van der Waals surface area contributed by atoms with Crippen LogP contribution in [0.2, 0.25) is 0 Å². The number of anilines is 1. The lowest BCUT2D eigenvalue weighted by Gasteiger charge is -2.34. The van der Waals surface area contributed by atoms with E-state index in [4.69, 9.17) is 4.99 Å². The molecule has 1 aromatic rings. The summed E-state index contributed by atoms with van der Waals surface area (Å²) in [6.45, 7) is 1.65. The van der Waals surface area contributed by atoms with Gasteiger partial charge < -0.3 is 10.2 Å². The Morgan fingerprint density at radius 2 is 1.85 bits per heavy atom. The monoisotopic (exact) mass is 470 g/mol. The molecule has 33 heavy (non-hydrogen) atoms. The Labute approximate surface area is 197 Å². The second-order valence-corrected chi connectivity index (χ2v) is 11.8. The van der Waals surface area contributed by atoms with E-state index in [0.29, 0.717) is 31.8 Å². The van der Waals surface area contributed by atoms with E-state index in [9.17, 15) is 13.2 Å². The number of fused-ring (bicyclic) bond motifs is 1. The van der Waals surface area contributed by atoms with E-state index < -0.39 is 15.6 Å². The van der Waals surface area contributed by atoms with Gasteiger partial charge in [0.2, 0.25) is 10.0 Å². The van der Waals surface area contributed by atoms with Gasteiger partial charge >= 0.3 is 0 Å². The van der Waals surface area contributed by atoms with Crippen molar-refractivity contribution >= 4 is 33.5 Å². The molecule has 0 bridgehead atoms. The van der Waals surface area contributed by atoms with Crippen LogP contribution in [0.5, 0.6) is 0 Å². The predicted molar refractivity (Wildman–Crippen MR) is 132 cm³/mol. The third-order valence-corrected chi connectivity index (χ3v) is 9.40. The molecular weight excluding hydrogens is 436 g/mol. The summed E-state index contributed by atoms with van der Waals surface area (Å²) in [7, 11) is -1.48. The number of piperidine rings is 1. The third-order valence-electron chi connectivity index (χ3n) is 7.84. The predicted octanol–water partition coefficient (Wildman–Crippen LogP) is 3.31. The molecule has 5 rings (SSSR count). The van der Waals surface area contributed by atoms with Crippen LogP contribution in [0.15, 0.2) is 28.6 Å². The van der Waals surface area contributed by atoms with Gasteiger partial charge in [-0.2, -0.15) is 4.31 Å². The number of carbonyl (C=O) groups excluding carboxylic acids is 1. The average Bonchev–Trinajstić information content (AvgIpc) is 3.14. The first-order chi connectivity index (χ1) is 15.9. The summed E-state index contributed by atoms with van der Waals surface area (Å²) < 4.78 is 27.7. The van der Waals surface area contributed by atoms with Crippen LogP contribution in [0.1, 0.15) is 62.5 Å². The normalized spacial score (nSPS) is 24.2. The largest absolute Gasteiger partial charge is 0.374 e. The molecule has 3 aliphatic heterocycles. The highest BCUT2D eigenvalue weighted by molar-refractivity contribution is 7.92. The minimum Gasteiger partial charge on any atom is -0.374 e. The molecule has 1 amide bonds. The van der Waals surface area contributed by atoms with Gasteiger partial charge in [-0.1, -0.05) is 31.4 Å².